The van der Waals surface area contributed by atoms with Gasteiger partial charge in [-0.1, -0.05) is 0 Å². The summed E-state index contributed by atoms with van der Waals surface area (Å²) in [5.41, 5.74) is -0.0682. The Morgan fingerprint density at radius 2 is 1.43 bits per heavy atom. The van der Waals surface area contributed by atoms with E-state index in [0.29, 0.717) is 24.0 Å². The lowest BCUT2D eigenvalue weighted by Gasteiger charge is -2.06. The molecule has 1 heterocycles. The highest BCUT2D eigenvalue weighted by atomic mass is 19.1. The number of rotatable bonds is 6. The van der Waals surface area contributed by atoms with Crippen LogP contribution in [0, 0.1) is 11.6 Å². The molecule has 0 N–H and O–H groups in total. The maximum absolute atomic E-state index is 14.5. The first-order valence-corrected chi connectivity index (χ1v) is 7.25. The Morgan fingerprint density at radius 3 is 1.96 bits per heavy atom. The van der Waals surface area contributed by atoms with Crippen LogP contribution in [-0.2, 0) is 4.74 Å². The number of benzene rings is 2. The van der Waals surface area contributed by atoms with E-state index < -0.39 is 11.6 Å². The Labute approximate surface area is 131 Å². The van der Waals surface area contributed by atoms with Crippen LogP contribution in [0.15, 0.2) is 28.7 Å². The fraction of sp³-hybridized carbons (Fsp3) is 0.294. The second-order valence-corrected chi connectivity index (χ2v) is 4.89. The molecule has 6 heteroatoms. The van der Waals surface area contributed by atoms with Crippen molar-refractivity contribution >= 4 is 21.9 Å². The van der Waals surface area contributed by atoms with E-state index in [9.17, 15) is 8.78 Å². The van der Waals surface area contributed by atoms with E-state index in [4.69, 9.17) is 18.6 Å². The van der Waals surface area contributed by atoms with E-state index in [1.165, 1.54) is 19.2 Å². The van der Waals surface area contributed by atoms with Gasteiger partial charge < -0.3 is 18.6 Å². The van der Waals surface area contributed by atoms with Gasteiger partial charge in [0, 0.05) is 17.9 Å². The molecule has 0 aliphatic carbocycles. The maximum Gasteiger partial charge on any atom is 0.208 e. The second-order valence-electron chi connectivity index (χ2n) is 4.89. The number of fused-ring (bicyclic) bond motifs is 3. The lowest BCUT2D eigenvalue weighted by Crippen LogP contribution is -2.05. The van der Waals surface area contributed by atoms with Crippen LogP contribution in [-0.4, -0.2) is 26.9 Å². The molecule has 3 aromatic rings. The maximum atomic E-state index is 14.5. The van der Waals surface area contributed by atoms with Gasteiger partial charge in [-0.05, 0) is 31.2 Å². The zero-order valence-corrected chi connectivity index (χ0v) is 12.8. The molecule has 0 unspecified atom stereocenters. The third-order valence-corrected chi connectivity index (χ3v) is 3.46. The van der Waals surface area contributed by atoms with E-state index in [2.05, 4.69) is 0 Å². The Morgan fingerprint density at radius 1 is 0.870 bits per heavy atom. The zero-order chi connectivity index (χ0) is 16.4. The SMILES string of the molecule is CCOc1ccc2c(oc3c(F)c(OCCOC)ccc32)c1F. The summed E-state index contributed by atoms with van der Waals surface area (Å²) in [6.45, 7) is 2.63. The van der Waals surface area contributed by atoms with Crippen LogP contribution >= 0.6 is 0 Å². The van der Waals surface area contributed by atoms with Crippen LogP contribution in [0.25, 0.3) is 21.9 Å². The van der Waals surface area contributed by atoms with E-state index in [-0.39, 0.29) is 29.3 Å². The minimum atomic E-state index is -0.660. The Balaban J connectivity index is 2.11. The highest BCUT2D eigenvalue weighted by Gasteiger charge is 2.19. The van der Waals surface area contributed by atoms with Crippen LogP contribution < -0.4 is 9.47 Å². The van der Waals surface area contributed by atoms with Gasteiger partial charge in [-0.25, -0.2) is 0 Å². The van der Waals surface area contributed by atoms with Crippen LogP contribution in [0.3, 0.4) is 0 Å². The zero-order valence-electron chi connectivity index (χ0n) is 12.8. The highest BCUT2D eigenvalue weighted by molar-refractivity contribution is 6.06. The molecule has 0 atom stereocenters. The summed E-state index contributed by atoms with van der Waals surface area (Å²) < 4.78 is 49.6. The molecular weight excluding hydrogens is 306 g/mol. The lowest BCUT2D eigenvalue weighted by atomic mass is 10.1. The minimum absolute atomic E-state index is 0.0288. The Hall–Kier alpha value is -2.34. The molecule has 0 saturated heterocycles. The van der Waals surface area contributed by atoms with Gasteiger partial charge in [0.25, 0.3) is 0 Å². The summed E-state index contributed by atoms with van der Waals surface area (Å²) in [6, 6.07) is 6.31. The van der Waals surface area contributed by atoms with Gasteiger partial charge in [0.1, 0.15) is 6.61 Å². The van der Waals surface area contributed by atoms with Gasteiger partial charge in [0.2, 0.25) is 11.6 Å². The molecule has 0 aliphatic rings. The largest absolute Gasteiger partial charge is 0.491 e. The molecular formula is C17H16F2O4. The van der Waals surface area contributed by atoms with E-state index in [0.717, 1.165) is 0 Å². The number of hydrogen-bond donors (Lipinski definition) is 0. The van der Waals surface area contributed by atoms with Crippen molar-refractivity contribution in [1.82, 2.24) is 0 Å². The van der Waals surface area contributed by atoms with Crippen LogP contribution in [0.2, 0.25) is 0 Å². The third-order valence-electron chi connectivity index (χ3n) is 3.46. The highest BCUT2D eigenvalue weighted by Crippen LogP contribution is 2.37. The molecule has 0 radical (unpaired) electrons. The smallest absolute Gasteiger partial charge is 0.208 e. The average Bonchev–Trinajstić information content (AvgIpc) is 2.93. The number of methoxy groups -OCH3 is 1. The normalized spacial score (nSPS) is 11.3. The molecule has 0 aliphatic heterocycles. The molecule has 122 valence electrons. The summed E-state index contributed by atoms with van der Waals surface area (Å²) in [5.74, 6) is -1.18. The monoisotopic (exact) mass is 322 g/mol. The van der Waals surface area contributed by atoms with E-state index in [1.54, 1.807) is 19.1 Å². The molecule has 0 bridgehead atoms. The number of halogens is 2. The summed E-state index contributed by atoms with van der Waals surface area (Å²) in [5, 5.41) is 0.974. The van der Waals surface area contributed by atoms with Gasteiger partial charge in [-0.2, -0.15) is 8.78 Å². The van der Waals surface area contributed by atoms with E-state index >= 15 is 0 Å². The number of hydrogen-bond acceptors (Lipinski definition) is 4. The number of ether oxygens (including phenoxy) is 3. The van der Waals surface area contributed by atoms with Crippen molar-refractivity contribution in [2.45, 2.75) is 6.92 Å². The molecule has 3 rings (SSSR count). The number of furan rings is 1. The Bertz CT molecular complexity index is 842. The van der Waals surface area contributed by atoms with Gasteiger partial charge in [-0.15, -0.1) is 0 Å². The molecule has 0 spiro atoms. The van der Waals surface area contributed by atoms with Crippen molar-refractivity contribution in [2.24, 2.45) is 0 Å². The topological polar surface area (TPSA) is 40.8 Å². The predicted molar refractivity (Wildman–Crippen MR) is 82.2 cm³/mol. The van der Waals surface area contributed by atoms with Gasteiger partial charge >= 0.3 is 0 Å². The summed E-state index contributed by atoms with van der Waals surface area (Å²) in [4.78, 5) is 0. The molecule has 0 saturated carbocycles. The van der Waals surface area contributed by atoms with Crippen LogP contribution in [0.1, 0.15) is 6.92 Å². The first-order chi connectivity index (χ1) is 11.2. The van der Waals surface area contributed by atoms with Crippen molar-refractivity contribution in [1.29, 1.82) is 0 Å². The fourth-order valence-electron chi connectivity index (χ4n) is 2.42. The van der Waals surface area contributed by atoms with Crippen molar-refractivity contribution in [3.63, 3.8) is 0 Å². The minimum Gasteiger partial charge on any atom is -0.491 e. The molecule has 0 amide bonds. The summed E-state index contributed by atoms with van der Waals surface area (Å²) in [7, 11) is 1.53. The van der Waals surface area contributed by atoms with Gasteiger partial charge in [0.15, 0.2) is 22.7 Å². The van der Waals surface area contributed by atoms with Crippen molar-refractivity contribution in [2.75, 3.05) is 26.9 Å². The predicted octanol–water partition coefficient (Wildman–Crippen LogP) is 4.29. The fourth-order valence-corrected chi connectivity index (χ4v) is 2.42. The molecule has 23 heavy (non-hydrogen) atoms. The molecule has 4 nitrogen and oxygen atoms in total. The van der Waals surface area contributed by atoms with Crippen molar-refractivity contribution in [3.05, 3.63) is 35.9 Å². The van der Waals surface area contributed by atoms with Crippen molar-refractivity contribution in [3.8, 4) is 11.5 Å². The Kier molecular flexibility index (Phi) is 4.34. The lowest BCUT2D eigenvalue weighted by molar-refractivity contribution is 0.144. The van der Waals surface area contributed by atoms with Crippen LogP contribution in [0.5, 0.6) is 11.5 Å². The molecule has 1 aromatic heterocycles. The first kappa shape index (κ1) is 15.6. The molecule has 2 aromatic carbocycles. The average molecular weight is 322 g/mol. The van der Waals surface area contributed by atoms with Gasteiger partial charge in [0.05, 0.1) is 13.2 Å². The summed E-state index contributed by atoms with van der Waals surface area (Å²) in [6.07, 6.45) is 0. The third kappa shape index (κ3) is 2.70. The second kappa shape index (κ2) is 6.42. The quantitative estimate of drug-likeness (QED) is 0.635. The van der Waals surface area contributed by atoms with Gasteiger partial charge in [-0.3, -0.25) is 0 Å². The van der Waals surface area contributed by atoms with Crippen LogP contribution in [0.4, 0.5) is 8.78 Å². The molecule has 0 fully saturated rings. The summed E-state index contributed by atoms with van der Waals surface area (Å²) >= 11 is 0. The standard InChI is InChI=1S/C17H16F2O4/c1-3-21-12-6-4-10-11-5-7-13(22-9-8-20-2)15(19)17(11)23-16(10)14(12)18/h4-7H,3,8-9H2,1-2H3. The van der Waals surface area contributed by atoms with E-state index in [1.807, 2.05) is 0 Å². The van der Waals surface area contributed by atoms with Crippen molar-refractivity contribution < 1.29 is 27.4 Å². The first-order valence-electron chi connectivity index (χ1n) is 7.25.